The molecule has 166 valence electrons. The molecule has 8 heteroatoms. The summed E-state index contributed by atoms with van der Waals surface area (Å²) in [7, 11) is 0. The maximum atomic E-state index is 12.2. The second kappa shape index (κ2) is 8.92. The molecule has 0 N–H and O–H groups in total. The fourth-order valence-electron chi connectivity index (χ4n) is 3.70. The van der Waals surface area contributed by atoms with Crippen molar-refractivity contribution in [2.45, 2.75) is 31.3 Å². The minimum Gasteiger partial charge on any atom is -0.467 e. The number of hydrogen-bond donors (Lipinski definition) is 0. The van der Waals surface area contributed by atoms with Crippen LogP contribution in [0.4, 0.5) is 0 Å². The van der Waals surface area contributed by atoms with Crippen LogP contribution in [0.5, 0.6) is 0 Å². The van der Waals surface area contributed by atoms with Gasteiger partial charge in [-0.05, 0) is 66.9 Å². The Morgan fingerprint density at radius 2 is 1.88 bits per heavy atom. The Kier molecular flexibility index (Phi) is 5.83. The largest absolute Gasteiger partial charge is 0.467 e. The summed E-state index contributed by atoms with van der Waals surface area (Å²) >= 11 is 7.58. The van der Waals surface area contributed by atoms with Crippen molar-refractivity contribution in [2.75, 3.05) is 0 Å². The number of rotatable bonds is 6. The van der Waals surface area contributed by atoms with Gasteiger partial charge in [0.1, 0.15) is 11.3 Å². The van der Waals surface area contributed by atoms with E-state index >= 15 is 0 Å². The minimum absolute atomic E-state index is 0.356. The van der Waals surface area contributed by atoms with Crippen molar-refractivity contribution in [2.24, 2.45) is 0 Å². The van der Waals surface area contributed by atoms with Gasteiger partial charge in [0, 0.05) is 27.8 Å². The lowest BCUT2D eigenvalue weighted by Gasteiger charge is -2.11. The lowest BCUT2D eigenvalue weighted by atomic mass is 10.0. The highest BCUT2D eigenvalue weighted by atomic mass is 35.5. The summed E-state index contributed by atoms with van der Waals surface area (Å²) in [5, 5.41) is 11.2. The molecular weight excluding hydrogens is 458 g/mol. The van der Waals surface area contributed by atoms with Gasteiger partial charge in [-0.3, -0.25) is 4.57 Å². The zero-order valence-electron chi connectivity index (χ0n) is 18.0. The average Bonchev–Trinajstić information content (AvgIpc) is 3.46. The molecule has 0 atom stereocenters. The Morgan fingerprint density at radius 3 is 2.64 bits per heavy atom. The van der Waals surface area contributed by atoms with Crippen LogP contribution in [0, 0.1) is 13.8 Å². The van der Waals surface area contributed by atoms with Gasteiger partial charge in [-0.25, -0.2) is 4.79 Å². The first-order chi connectivity index (χ1) is 16.0. The van der Waals surface area contributed by atoms with E-state index in [0.717, 1.165) is 44.4 Å². The Hall–Kier alpha value is -3.29. The third-order valence-corrected chi connectivity index (χ3v) is 6.86. The van der Waals surface area contributed by atoms with Crippen molar-refractivity contribution in [1.29, 1.82) is 0 Å². The van der Waals surface area contributed by atoms with E-state index in [4.69, 9.17) is 20.4 Å². The van der Waals surface area contributed by atoms with Crippen LogP contribution in [0.2, 0.25) is 5.02 Å². The Labute approximate surface area is 199 Å². The summed E-state index contributed by atoms with van der Waals surface area (Å²) in [5.41, 5.74) is 4.14. The van der Waals surface area contributed by atoms with Crippen molar-refractivity contribution >= 4 is 34.3 Å². The lowest BCUT2D eigenvalue weighted by Crippen LogP contribution is -2.04. The first kappa shape index (κ1) is 21.6. The third-order valence-electron chi connectivity index (χ3n) is 5.59. The average molecular weight is 478 g/mol. The summed E-state index contributed by atoms with van der Waals surface area (Å²) in [6.07, 6.45) is 1.65. The first-order valence-electron chi connectivity index (χ1n) is 10.4. The van der Waals surface area contributed by atoms with E-state index in [2.05, 4.69) is 10.2 Å². The van der Waals surface area contributed by atoms with Crippen LogP contribution in [0.1, 0.15) is 22.5 Å². The van der Waals surface area contributed by atoms with E-state index in [1.54, 1.807) is 12.3 Å². The van der Waals surface area contributed by atoms with Crippen molar-refractivity contribution < 1.29 is 8.83 Å². The minimum atomic E-state index is -0.356. The van der Waals surface area contributed by atoms with E-state index in [9.17, 15) is 4.79 Å². The first-order valence-corrected chi connectivity index (χ1v) is 11.7. The predicted octanol–water partition coefficient (Wildman–Crippen LogP) is 6.26. The van der Waals surface area contributed by atoms with Crippen LogP contribution in [0.15, 0.2) is 79.6 Å². The number of thioether (sulfide) groups is 1. The quantitative estimate of drug-likeness (QED) is 0.212. The molecule has 0 unspecified atom stereocenters. The molecule has 0 aliphatic rings. The molecule has 3 aromatic heterocycles. The van der Waals surface area contributed by atoms with Crippen LogP contribution in [0.25, 0.3) is 22.4 Å². The van der Waals surface area contributed by atoms with Crippen molar-refractivity contribution in [3.63, 3.8) is 0 Å². The normalized spacial score (nSPS) is 11.4. The zero-order valence-corrected chi connectivity index (χ0v) is 19.6. The second-order valence-corrected chi connectivity index (χ2v) is 9.12. The molecule has 0 bridgehead atoms. The fraction of sp³-hybridized carbons (Fsp3) is 0.160. The van der Waals surface area contributed by atoms with Crippen molar-refractivity contribution in [1.82, 2.24) is 14.8 Å². The summed E-state index contributed by atoms with van der Waals surface area (Å²) in [6, 6.07) is 16.9. The maximum absolute atomic E-state index is 12.2. The topological polar surface area (TPSA) is 74.1 Å². The van der Waals surface area contributed by atoms with Gasteiger partial charge in [0.2, 0.25) is 0 Å². The Bertz CT molecular complexity index is 1490. The number of aryl methyl sites for hydroxylation is 2. The maximum Gasteiger partial charge on any atom is 0.336 e. The highest BCUT2D eigenvalue weighted by Gasteiger charge is 2.17. The second-order valence-electron chi connectivity index (χ2n) is 7.74. The van der Waals surface area contributed by atoms with Crippen molar-refractivity contribution in [3.05, 3.63) is 98.8 Å². The number of furan rings is 1. The number of nitrogens with zero attached hydrogens (tertiary/aromatic N) is 3. The molecular formula is C25H20ClN3O3S. The van der Waals surface area contributed by atoms with E-state index in [-0.39, 0.29) is 5.63 Å². The number of aromatic nitrogens is 3. The van der Waals surface area contributed by atoms with Gasteiger partial charge in [0.05, 0.1) is 12.8 Å². The number of hydrogen-bond acceptors (Lipinski definition) is 6. The van der Waals surface area contributed by atoms with Gasteiger partial charge in [-0.2, -0.15) is 0 Å². The van der Waals surface area contributed by atoms with Crippen LogP contribution >= 0.6 is 23.4 Å². The Balaban J connectivity index is 1.52. The fourth-order valence-corrected chi connectivity index (χ4v) is 4.75. The predicted molar refractivity (Wildman–Crippen MR) is 130 cm³/mol. The highest BCUT2D eigenvalue weighted by molar-refractivity contribution is 7.98. The summed E-state index contributed by atoms with van der Waals surface area (Å²) < 4.78 is 13.1. The Morgan fingerprint density at radius 1 is 1.06 bits per heavy atom. The molecule has 5 rings (SSSR count). The molecule has 5 aromatic rings. The molecule has 0 amide bonds. The molecule has 0 saturated heterocycles. The van der Waals surface area contributed by atoms with Gasteiger partial charge in [-0.15, -0.1) is 10.2 Å². The highest BCUT2D eigenvalue weighted by Crippen LogP contribution is 2.31. The van der Waals surface area contributed by atoms with Crippen LogP contribution < -0.4 is 5.63 Å². The van der Waals surface area contributed by atoms with Crippen molar-refractivity contribution in [3.8, 4) is 11.4 Å². The van der Waals surface area contributed by atoms with Gasteiger partial charge >= 0.3 is 5.63 Å². The lowest BCUT2D eigenvalue weighted by molar-refractivity contribution is 0.485. The molecule has 33 heavy (non-hydrogen) atoms. The summed E-state index contributed by atoms with van der Waals surface area (Å²) in [5.74, 6) is 2.06. The van der Waals surface area contributed by atoms with Gasteiger partial charge < -0.3 is 8.83 Å². The number of halogens is 1. The smallest absolute Gasteiger partial charge is 0.336 e. The molecule has 0 aliphatic heterocycles. The van der Waals surface area contributed by atoms with Crippen LogP contribution in [0.3, 0.4) is 0 Å². The molecule has 0 aliphatic carbocycles. The monoisotopic (exact) mass is 477 g/mol. The molecule has 0 spiro atoms. The number of benzene rings is 2. The molecule has 2 aromatic carbocycles. The third kappa shape index (κ3) is 4.34. The summed E-state index contributed by atoms with van der Waals surface area (Å²) in [4.78, 5) is 12.2. The molecule has 3 heterocycles. The molecule has 6 nitrogen and oxygen atoms in total. The van der Waals surface area contributed by atoms with E-state index in [1.807, 2.05) is 66.9 Å². The molecule has 0 radical (unpaired) electrons. The van der Waals surface area contributed by atoms with Gasteiger partial charge in [0.15, 0.2) is 11.0 Å². The van der Waals surface area contributed by atoms with E-state index < -0.39 is 0 Å². The number of fused-ring (bicyclic) bond motifs is 1. The van der Waals surface area contributed by atoms with Gasteiger partial charge in [0.25, 0.3) is 0 Å². The molecule has 0 saturated carbocycles. The van der Waals surface area contributed by atoms with E-state index in [1.165, 1.54) is 11.8 Å². The van der Waals surface area contributed by atoms with Crippen LogP contribution in [-0.4, -0.2) is 14.8 Å². The zero-order chi connectivity index (χ0) is 22.9. The SMILES string of the molecule is Cc1ccc2c(CSc3nnc(-c4ccc(Cl)cc4)n3Cc3ccco3)cc(=O)oc2c1C. The standard InChI is InChI=1S/C25H20ClN3O3S/c1-15-5-10-21-18(12-22(30)32-23(21)16(15)2)14-33-25-28-27-24(17-6-8-19(26)9-7-17)29(25)13-20-4-3-11-31-20/h3-12H,13-14H2,1-2H3. The van der Waals surface area contributed by atoms with Crippen LogP contribution in [-0.2, 0) is 12.3 Å². The molecule has 0 fully saturated rings. The summed E-state index contributed by atoms with van der Waals surface area (Å²) in [6.45, 7) is 4.46. The van der Waals surface area contributed by atoms with E-state index in [0.29, 0.717) is 22.9 Å². The van der Waals surface area contributed by atoms with Gasteiger partial charge in [-0.1, -0.05) is 35.5 Å².